The minimum atomic E-state index is -0.275. The largest absolute Gasteiger partial charge is 0.328 e. The van der Waals surface area contributed by atoms with Crippen LogP contribution in [0.25, 0.3) is 5.69 Å². The minimum Gasteiger partial charge on any atom is -0.328 e. The van der Waals surface area contributed by atoms with Gasteiger partial charge in [0, 0.05) is 13.1 Å². The van der Waals surface area contributed by atoms with E-state index < -0.39 is 0 Å². The molecule has 1 saturated heterocycles. The lowest BCUT2D eigenvalue weighted by molar-refractivity contribution is 0.202. The van der Waals surface area contributed by atoms with Gasteiger partial charge in [-0.3, -0.25) is 0 Å². The number of carbonyl (C=O) groups is 1. The highest BCUT2D eigenvalue weighted by Gasteiger charge is 2.35. The number of tetrazole rings is 1. The van der Waals surface area contributed by atoms with E-state index >= 15 is 0 Å². The first-order valence-electron chi connectivity index (χ1n) is 8.76. The van der Waals surface area contributed by atoms with Crippen LogP contribution in [0.15, 0.2) is 42.5 Å². The predicted octanol–water partition coefficient (Wildman–Crippen LogP) is 2.33. The van der Waals surface area contributed by atoms with Crippen LogP contribution in [0.3, 0.4) is 0 Å². The number of benzene rings is 1. The summed E-state index contributed by atoms with van der Waals surface area (Å²) in [4.78, 5) is 14.6. The predicted molar refractivity (Wildman–Crippen MR) is 93.0 cm³/mol. The Morgan fingerprint density at radius 1 is 1.16 bits per heavy atom. The molecule has 1 aromatic heterocycles. The van der Waals surface area contributed by atoms with Crippen molar-refractivity contribution in [2.24, 2.45) is 11.8 Å². The molecule has 4 rings (SSSR count). The summed E-state index contributed by atoms with van der Waals surface area (Å²) in [5.41, 5.74) is 0.877. The van der Waals surface area contributed by atoms with Crippen molar-refractivity contribution < 1.29 is 4.79 Å². The molecule has 0 spiro atoms. The Kier molecular flexibility index (Phi) is 4.21. The van der Waals surface area contributed by atoms with E-state index in [0.717, 1.165) is 31.6 Å². The number of nitrogens with one attached hydrogen (secondary N) is 1. The molecule has 0 radical (unpaired) electrons. The fourth-order valence-electron chi connectivity index (χ4n) is 3.74. The van der Waals surface area contributed by atoms with Gasteiger partial charge in [-0.15, -0.1) is 5.10 Å². The maximum absolute atomic E-state index is 12.7. The van der Waals surface area contributed by atoms with Gasteiger partial charge in [0.2, 0.25) is 0 Å². The average molecular weight is 338 g/mol. The van der Waals surface area contributed by atoms with Crippen LogP contribution in [0.4, 0.5) is 4.79 Å². The third-order valence-corrected chi connectivity index (χ3v) is 5.13. The molecule has 1 fully saturated rings. The molecule has 2 aromatic rings. The summed E-state index contributed by atoms with van der Waals surface area (Å²) in [5.74, 6) is 1.82. The number of aromatic nitrogens is 4. The lowest BCUT2D eigenvalue weighted by Gasteiger charge is -2.20. The van der Waals surface area contributed by atoms with E-state index in [0.29, 0.717) is 17.7 Å². The van der Waals surface area contributed by atoms with E-state index in [1.54, 1.807) is 4.68 Å². The molecule has 7 heteroatoms. The number of nitrogens with zero attached hydrogens (tertiary/aromatic N) is 5. The second-order valence-corrected chi connectivity index (χ2v) is 6.82. The third-order valence-electron chi connectivity index (χ3n) is 5.13. The third kappa shape index (κ3) is 3.14. The van der Waals surface area contributed by atoms with Crippen molar-refractivity contribution in [1.29, 1.82) is 0 Å². The number of hydrogen-bond donors (Lipinski definition) is 1. The highest BCUT2D eigenvalue weighted by molar-refractivity contribution is 5.75. The van der Waals surface area contributed by atoms with Crippen LogP contribution in [-0.2, 0) is 0 Å². The smallest absolute Gasteiger partial charge is 0.317 e. The molecule has 2 aliphatic rings. The SMILES string of the molecule is C[C@@H](NC(=O)N1C[C@H]2CC=CC[C@H]2C1)c1nnnn1-c1ccccc1. The summed E-state index contributed by atoms with van der Waals surface area (Å²) in [7, 11) is 0. The number of urea groups is 1. The van der Waals surface area contributed by atoms with E-state index in [4.69, 9.17) is 0 Å². The van der Waals surface area contributed by atoms with Crippen LogP contribution in [0.5, 0.6) is 0 Å². The molecule has 7 nitrogen and oxygen atoms in total. The van der Waals surface area contributed by atoms with Gasteiger partial charge in [0.25, 0.3) is 0 Å². The normalized spacial score (nSPS) is 23.3. The van der Waals surface area contributed by atoms with Gasteiger partial charge < -0.3 is 10.2 Å². The zero-order valence-corrected chi connectivity index (χ0v) is 14.2. The Hall–Kier alpha value is -2.70. The summed E-state index contributed by atoms with van der Waals surface area (Å²) in [5, 5.41) is 15.0. The van der Waals surface area contributed by atoms with Gasteiger partial charge in [-0.25, -0.2) is 4.79 Å². The number of fused-ring (bicyclic) bond motifs is 1. The maximum Gasteiger partial charge on any atom is 0.317 e. The molecule has 1 aromatic carbocycles. The first-order valence-corrected chi connectivity index (χ1v) is 8.76. The zero-order valence-electron chi connectivity index (χ0n) is 14.2. The van der Waals surface area contributed by atoms with Crippen LogP contribution in [0.1, 0.15) is 31.6 Å². The van der Waals surface area contributed by atoms with Crippen LogP contribution in [-0.4, -0.2) is 44.2 Å². The van der Waals surface area contributed by atoms with E-state index in [2.05, 4.69) is 33.0 Å². The standard InChI is InChI=1S/C18H22N6O/c1-13(17-20-21-22-24(17)16-9-3-2-4-10-16)19-18(25)23-11-14-7-5-6-8-15(14)12-23/h2-6,9-10,13-15H,7-8,11-12H2,1H3,(H,19,25)/t13-,14-,15+/m1/s1. The number of likely N-dealkylation sites (tertiary alicyclic amines) is 1. The number of para-hydroxylation sites is 1. The van der Waals surface area contributed by atoms with Crippen LogP contribution in [0, 0.1) is 11.8 Å². The molecule has 0 unspecified atom stereocenters. The highest BCUT2D eigenvalue weighted by Crippen LogP contribution is 2.32. The van der Waals surface area contributed by atoms with Gasteiger partial charge >= 0.3 is 6.03 Å². The Morgan fingerprint density at radius 2 is 1.84 bits per heavy atom. The summed E-state index contributed by atoms with van der Waals surface area (Å²) >= 11 is 0. The van der Waals surface area contributed by atoms with Crippen LogP contribution in [0.2, 0.25) is 0 Å². The van der Waals surface area contributed by atoms with E-state index in [9.17, 15) is 4.79 Å². The zero-order chi connectivity index (χ0) is 17.2. The fraction of sp³-hybridized carbons (Fsp3) is 0.444. The van der Waals surface area contributed by atoms with Crippen molar-refractivity contribution >= 4 is 6.03 Å². The molecule has 3 atom stereocenters. The molecule has 2 heterocycles. The molecule has 1 aliphatic heterocycles. The van der Waals surface area contributed by atoms with Crippen LogP contribution < -0.4 is 5.32 Å². The van der Waals surface area contributed by atoms with E-state index in [1.165, 1.54) is 0 Å². The van der Waals surface area contributed by atoms with Gasteiger partial charge in [0.1, 0.15) is 0 Å². The van der Waals surface area contributed by atoms with Crippen molar-refractivity contribution in [3.63, 3.8) is 0 Å². The average Bonchev–Trinajstić information content (AvgIpc) is 3.29. The van der Waals surface area contributed by atoms with Gasteiger partial charge in [0.05, 0.1) is 11.7 Å². The maximum atomic E-state index is 12.7. The number of allylic oxidation sites excluding steroid dienone is 2. The second kappa shape index (κ2) is 6.66. The van der Waals surface area contributed by atoms with Gasteiger partial charge in [-0.05, 0) is 54.2 Å². The molecule has 0 saturated carbocycles. The topological polar surface area (TPSA) is 75.9 Å². The van der Waals surface area contributed by atoms with Gasteiger partial charge in [-0.1, -0.05) is 30.4 Å². The summed E-state index contributed by atoms with van der Waals surface area (Å²) < 4.78 is 1.67. The number of rotatable bonds is 3. The summed E-state index contributed by atoms with van der Waals surface area (Å²) in [6.07, 6.45) is 6.63. The molecule has 130 valence electrons. The number of amides is 2. The van der Waals surface area contributed by atoms with Crippen molar-refractivity contribution in [3.8, 4) is 5.69 Å². The molecule has 25 heavy (non-hydrogen) atoms. The van der Waals surface area contributed by atoms with Crippen molar-refractivity contribution in [3.05, 3.63) is 48.3 Å². The molecule has 1 aliphatic carbocycles. The number of carbonyl (C=O) groups excluding carboxylic acids is 1. The molecular formula is C18H22N6O. The van der Waals surface area contributed by atoms with E-state index in [1.807, 2.05) is 42.2 Å². The van der Waals surface area contributed by atoms with Gasteiger partial charge in [-0.2, -0.15) is 4.68 Å². The van der Waals surface area contributed by atoms with Crippen molar-refractivity contribution in [2.75, 3.05) is 13.1 Å². The molecule has 2 amide bonds. The lowest BCUT2D eigenvalue weighted by atomic mass is 9.86. The molecule has 1 N–H and O–H groups in total. The quantitative estimate of drug-likeness (QED) is 0.872. The summed E-state index contributed by atoms with van der Waals surface area (Å²) in [6.45, 7) is 3.57. The van der Waals surface area contributed by atoms with Crippen molar-refractivity contribution in [1.82, 2.24) is 30.4 Å². The number of hydrogen-bond acceptors (Lipinski definition) is 4. The Morgan fingerprint density at radius 3 is 2.52 bits per heavy atom. The van der Waals surface area contributed by atoms with E-state index in [-0.39, 0.29) is 12.1 Å². The monoisotopic (exact) mass is 338 g/mol. The second-order valence-electron chi connectivity index (χ2n) is 6.82. The molecule has 0 bridgehead atoms. The summed E-state index contributed by atoms with van der Waals surface area (Å²) in [6, 6.07) is 9.38. The fourth-order valence-corrected chi connectivity index (χ4v) is 3.74. The Labute approximate surface area is 146 Å². The minimum absolute atomic E-state index is 0.0375. The van der Waals surface area contributed by atoms with Gasteiger partial charge in [0.15, 0.2) is 5.82 Å². The van der Waals surface area contributed by atoms with Crippen molar-refractivity contribution in [2.45, 2.75) is 25.8 Å². The lowest BCUT2D eigenvalue weighted by Crippen LogP contribution is -2.40. The highest BCUT2D eigenvalue weighted by atomic mass is 16.2. The van der Waals surface area contributed by atoms with Crippen LogP contribution >= 0.6 is 0 Å². The molecular weight excluding hydrogens is 316 g/mol. The Balaban J connectivity index is 1.44. The Bertz CT molecular complexity index is 755. The first kappa shape index (κ1) is 15.8. The first-order chi connectivity index (χ1) is 12.2.